The van der Waals surface area contributed by atoms with Gasteiger partial charge >= 0.3 is 5.97 Å². The zero-order valence-electron chi connectivity index (χ0n) is 12.7. The van der Waals surface area contributed by atoms with Crippen molar-refractivity contribution in [2.45, 2.75) is 19.8 Å². The molecule has 22 heavy (non-hydrogen) atoms. The number of carboxylic acid groups (broad SMARTS) is 1. The molecule has 2 rings (SSSR count). The van der Waals surface area contributed by atoms with Crippen molar-refractivity contribution in [3.63, 3.8) is 0 Å². The zero-order chi connectivity index (χ0) is 16.3. The highest BCUT2D eigenvalue weighted by atomic mass is 32.1. The molecule has 1 atom stereocenters. The molecule has 0 fully saturated rings. The highest BCUT2D eigenvalue weighted by molar-refractivity contribution is 7.09. The second-order valence-electron chi connectivity index (χ2n) is 5.35. The fourth-order valence-electron chi connectivity index (χ4n) is 2.30. The van der Waals surface area contributed by atoms with Gasteiger partial charge in [0.1, 0.15) is 0 Å². The van der Waals surface area contributed by atoms with Crippen molar-refractivity contribution < 1.29 is 14.7 Å². The summed E-state index contributed by atoms with van der Waals surface area (Å²) in [5.74, 6) is -1.08. The summed E-state index contributed by atoms with van der Waals surface area (Å²) in [7, 11) is 1.72. The van der Waals surface area contributed by atoms with Gasteiger partial charge in [0, 0.05) is 36.7 Å². The molecule has 0 spiro atoms. The van der Waals surface area contributed by atoms with Crippen LogP contribution < -0.4 is 0 Å². The van der Waals surface area contributed by atoms with Gasteiger partial charge in [0.05, 0.1) is 10.6 Å². The Morgan fingerprint density at radius 3 is 2.59 bits per heavy atom. The van der Waals surface area contributed by atoms with E-state index in [9.17, 15) is 9.59 Å². The lowest BCUT2D eigenvalue weighted by atomic mass is 10.1. The largest absolute Gasteiger partial charge is 0.478 e. The van der Waals surface area contributed by atoms with E-state index in [2.05, 4.69) is 4.98 Å². The lowest BCUT2D eigenvalue weighted by Gasteiger charge is -2.21. The highest BCUT2D eigenvalue weighted by Crippen LogP contribution is 2.19. The van der Waals surface area contributed by atoms with Crippen LogP contribution in [0.1, 0.15) is 44.1 Å². The van der Waals surface area contributed by atoms with Crippen LogP contribution in [-0.2, 0) is 0 Å². The van der Waals surface area contributed by atoms with Gasteiger partial charge in [0.25, 0.3) is 5.91 Å². The zero-order valence-corrected chi connectivity index (χ0v) is 13.6. The van der Waals surface area contributed by atoms with Crippen molar-refractivity contribution in [1.82, 2.24) is 9.88 Å². The first-order valence-corrected chi connectivity index (χ1v) is 7.76. The first-order chi connectivity index (χ1) is 10.4. The van der Waals surface area contributed by atoms with Crippen LogP contribution >= 0.6 is 11.3 Å². The molecule has 5 nitrogen and oxygen atoms in total. The van der Waals surface area contributed by atoms with Crippen LogP contribution in [-0.4, -0.2) is 40.5 Å². The number of thiazole rings is 1. The van der Waals surface area contributed by atoms with E-state index < -0.39 is 5.97 Å². The van der Waals surface area contributed by atoms with Crippen LogP contribution in [0.5, 0.6) is 0 Å². The summed E-state index contributed by atoms with van der Waals surface area (Å²) in [4.78, 5) is 29.5. The fraction of sp³-hybridized carbons (Fsp3) is 0.312. The first kappa shape index (κ1) is 16.2. The number of hydrogen-bond donors (Lipinski definition) is 1. The van der Waals surface area contributed by atoms with Gasteiger partial charge in [-0.25, -0.2) is 9.78 Å². The number of hydrogen-bond acceptors (Lipinski definition) is 4. The predicted octanol–water partition coefficient (Wildman–Crippen LogP) is 3.03. The summed E-state index contributed by atoms with van der Waals surface area (Å²) in [6.45, 7) is 4.33. The Bertz CT molecular complexity index is 683. The van der Waals surface area contributed by atoms with Crippen molar-refractivity contribution >= 4 is 23.2 Å². The van der Waals surface area contributed by atoms with Crippen molar-refractivity contribution in [2.24, 2.45) is 0 Å². The van der Waals surface area contributed by atoms with E-state index in [0.29, 0.717) is 12.1 Å². The van der Waals surface area contributed by atoms with E-state index in [1.54, 1.807) is 48.5 Å². The minimum Gasteiger partial charge on any atom is -0.478 e. The molecule has 1 N–H and O–H groups in total. The average molecular weight is 318 g/mol. The normalized spacial score (nSPS) is 12.0. The molecule has 2 aromatic rings. The lowest BCUT2D eigenvalue weighted by Crippen LogP contribution is -2.30. The third-order valence-electron chi connectivity index (χ3n) is 3.34. The van der Waals surface area contributed by atoms with Crippen LogP contribution in [0, 0.1) is 6.92 Å². The molecule has 116 valence electrons. The molecular weight excluding hydrogens is 300 g/mol. The predicted molar refractivity (Wildman–Crippen MR) is 85.6 cm³/mol. The molecule has 0 saturated heterocycles. The molecule has 0 aliphatic carbocycles. The quantitative estimate of drug-likeness (QED) is 0.920. The number of amides is 1. The summed E-state index contributed by atoms with van der Waals surface area (Å²) >= 11 is 1.56. The number of benzene rings is 1. The second-order valence-corrected chi connectivity index (χ2v) is 6.28. The maximum absolute atomic E-state index is 12.5. The first-order valence-electron chi connectivity index (χ1n) is 6.88. The number of carbonyl (C=O) groups is 2. The van der Waals surface area contributed by atoms with Gasteiger partial charge in [0.15, 0.2) is 0 Å². The van der Waals surface area contributed by atoms with Gasteiger partial charge in [-0.15, -0.1) is 11.3 Å². The fourth-order valence-corrected chi connectivity index (χ4v) is 2.99. The van der Waals surface area contributed by atoms with Gasteiger partial charge in [-0.2, -0.15) is 0 Å². The third kappa shape index (κ3) is 3.71. The maximum atomic E-state index is 12.5. The van der Waals surface area contributed by atoms with Crippen LogP contribution in [0.15, 0.2) is 29.8 Å². The molecule has 0 aliphatic heterocycles. The summed E-state index contributed by atoms with van der Waals surface area (Å²) in [5, 5.41) is 12.0. The summed E-state index contributed by atoms with van der Waals surface area (Å²) in [5.41, 5.74) is 1.28. The number of aromatic nitrogens is 1. The van der Waals surface area contributed by atoms with Gasteiger partial charge in [-0.05, 0) is 30.7 Å². The number of carboxylic acids is 1. The number of aromatic carboxylic acids is 1. The third-order valence-corrected chi connectivity index (χ3v) is 4.35. The number of likely N-dealkylation sites (N-methyl/N-ethyl adjacent to an activating group) is 1. The number of carbonyl (C=O) groups excluding carboxylic acids is 1. The Morgan fingerprint density at radius 2 is 2.00 bits per heavy atom. The van der Waals surface area contributed by atoms with Gasteiger partial charge in [0.2, 0.25) is 0 Å². The number of rotatable bonds is 5. The van der Waals surface area contributed by atoms with E-state index in [4.69, 9.17) is 5.11 Å². The topological polar surface area (TPSA) is 70.5 Å². The smallest absolute Gasteiger partial charge is 0.335 e. The lowest BCUT2D eigenvalue weighted by molar-refractivity contribution is 0.0696. The van der Waals surface area contributed by atoms with Crippen molar-refractivity contribution in [3.8, 4) is 0 Å². The van der Waals surface area contributed by atoms with E-state index in [1.807, 2.05) is 12.3 Å². The Kier molecular flexibility index (Phi) is 4.92. The molecule has 1 unspecified atom stereocenters. The minimum absolute atomic E-state index is 0.129. The van der Waals surface area contributed by atoms with Crippen molar-refractivity contribution in [3.05, 3.63) is 51.5 Å². The van der Waals surface area contributed by atoms with Crippen LogP contribution in [0.3, 0.4) is 0 Å². The maximum Gasteiger partial charge on any atom is 0.335 e. The standard InChI is InChI=1S/C16H18N2O3S/c1-10-6-12(8-13(7-10)16(20)21)15(19)18(3)9-11(2)14-17-4-5-22-14/h4-8,11H,9H2,1-3H3,(H,20,21). The van der Waals surface area contributed by atoms with Gasteiger partial charge in [-0.3, -0.25) is 4.79 Å². The van der Waals surface area contributed by atoms with Gasteiger partial charge in [-0.1, -0.05) is 6.92 Å². The monoisotopic (exact) mass is 318 g/mol. The second kappa shape index (κ2) is 6.70. The molecule has 1 heterocycles. The summed E-state index contributed by atoms with van der Waals surface area (Å²) < 4.78 is 0. The van der Waals surface area contributed by atoms with Crippen LogP contribution in [0.2, 0.25) is 0 Å². The molecule has 1 aromatic heterocycles. The van der Waals surface area contributed by atoms with E-state index in [0.717, 1.165) is 10.6 Å². The SMILES string of the molecule is Cc1cc(C(=O)O)cc(C(=O)N(C)CC(C)c2nccs2)c1. The Balaban J connectivity index is 2.15. The molecule has 0 radical (unpaired) electrons. The van der Waals surface area contributed by atoms with Gasteiger partial charge < -0.3 is 10.0 Å². The molecule has 0 saturated carbocycles. The Hall–Kier alpha value is -2.21. The summed E-state index contributed by atoms with van der Waals surface area (Å²) in [6.07, 6.45) is 1.75. The molecule has 6 heteroatoms. The molecule has 0 bridgehead atoms. The summed E-state index contributed by atoms with van der Waals surface area (Å²) in [6, 6.07) is 4.68. The Labute approximate surface area is 133 Å². The molecular formula is C16H18N2O3S. The van der Waals surface area contributed by atoms with E-state index >= 15 is 0 Å². The highest BCUT2D eigenvalue weighted by Gasteiger charge is 2.18. The number of aryl methyl sites for hydroxylation is 1. The minimum atomic E-state index is -1.03. The Morgan fingerprint density at radius 1 is 1.32 bits per heavy atom. The van der Waals surface area contributed by atoms with Crippen molar-refractivity contribution in [2.75, 3.05) is 13.6 Å². The van der Waals surface area contributed by atoms with Crippen LogP contribution in [0.25, 0.3) is 0 Å². The van der Waals surface area contributed by atoms with E-state index in [-0.39, 0.29) is 17.4 Å². The molecule has 1 amide bonds. The molecule has 1 aromatic carbocycles. The van der Waals surface area contributed by atoms with E-state index in [1.165, 1.54) is 6.07 Å². The van der Waals surface area contributed by atoms with Crippen LogP contribution in [0.4, 0.5) is 0 Å². The average Bonchev–Trinajstić information content (AvgIpc) is 2.99. The van der Waals surface area contributed by atoms with Crippen molar-refractivity contribution in [1.29, 1.82) is 0 Å². The molecule has 0 aliphatic rings. The number of nitrogens with zero attached hydrogens (tertiary/aromatic N) is 2.